The number of nitrogens with zero attached hydrogens (tertiary/aromatic N) is 4. The predicted molar refractivity (Wildman–Crippen MR) is 131 cm³/mol. The first-order valence-corrected chi connectivity index (χ1v) is 11.5. The van der Waals surface area contributed by atoms with E-state index in [1.165, 1.54) is 16.4 Å². The standard InChI is InChI=1S/C24H22N6O3S/c1-2-33-21-15-9-8-14-20(21)30-24(27-28-29-30)34-16-22(31)26-19-13-7-6-12-18(19)23(32)25-17-10-4-3-5-11-17/h3-15H,2,16H2,1H3,(H,25,32)(H,26,31). The van der Waals surface area contributed by atoms with Gasteiger partial charge >= 0.3 is 0 Å². The lowest BCUT2D eigenvalue weighted by Crippen LogP contribution is -2.19. The number of aromatic nitrogens is 4. The number of carbonyl (C=O) groups is 2. The summed E-state index contributed by atoms with van der Waals surface area (Å²) in [4.78, 5) is 25.4. The van der Waals surface area contributed by atoms with Gasteiger partial charge in [0.15, 0.2) is 0 Å². The lowest BCUT2D eigenvalue weighted by Gasteiger charge is -2.12. The van der Waals surface area contributed by atoms with E-state index in [9.17, 15) is 9.59 Å². The summed E-state index contributed by atoms with van der Waals surface area (Å²) >= 11 is 1.18. The van der Waals surface area contributed by atoms with Gasteiger partial charge in [-0.3, -0.25) is 9.59 Å². The SMILES string of the molecule is CCOc1ccccc1-n1nnnc1SCC(=O)Nc1ccccc1C(=O)Nc1ccccc1. The van der Waals surface area contributed by atoms with Crippen molar-refractivity contribution in [3.8, 4) is 11.4 Å². The van der Waals surface area contributed by atoms with Crippen LogP contribution >= 0.6 is 11.8 Å². The Morgan fingerprint density at radius 1 is 0.941 bits per heavy atom. The number of carbonyl (C=O) groups excluding carboxylic acids is 2. The molecule has 172 valence electrons. The van der Waals surface area contributed by atoms with Crippen molar-refractivity contribution in [3.63, 3.8) is 0 Å². The third kappa shape index (κ3) is 5.59. The van der Waals surface area contributed by atoms with Crippen LogP contribution in [0.5, 0.6) is 5.75 Å². The molecule has 0 unspecified atom stereocenters. The average molecular weight is 475 g/mol. The first-order valence-electron chi connectivity index (χ1n) is 10.5. The number of hydrogen-bond acceptors (Lipinski definition) is 7. The Kier molecular flexibility index (Phi) is 7.51. The Morgan fingerprint density at radius 2 is 1.68 bits per heavy atom. The molecule has 2 N–H and O–H groups in total. The van der Waals surface area contributed by atoms with E-state index in [1.807, 2.05) is 49.4 Å². The fourth-order valence-electron chi connectivity index (χ4n) is 3.16. The molecule has 1 heterocycles. The zero-order valence-corrected chi connectivity index (χ0v) is 19.2. The van der Waals surface area contributed by atoms with E-state index in [1.54, 1.807) is 36.4 Å². The normalized spacial score (nSPS) is 10.5. The molecule has 9 nitrogen and oxygen atoms in total. The van der Waals surface area contributed by atoms with E-state index in [0.29, 0.717) is 40.1 Å². The first kappa shape index (κ1) is 23.0. The molecule has 3 aromatic carbocycles. The summed E-state index contributed by atoms with van der Waals surface area (Å²) in [7, 11) is 0. The van der Waals surface area contributed by atoms with Crippen LogP contribution in [0.1, 0.15) is 17.3 Å². The zero-order chi connectivity index (χ0) is 23.8. The van der Waals surface area contributed by atoms with Crippen LogP contribution < -0.4 is 15.4 Å². The van der Waals surface area contributed by atoms with Gasteiger partial charge in [-0.15, -0.1) is 5.10 Å². The molecule has 0 bridgehead atoms. The Balaban J connectivity index is 1.43. The smallest absolute Gasteiger partial charge is 0.257 e. The van der Waals surface area contributed by atoms with Crippen molar-refractivity contribution >= 4 is 35.0 Å². The van der Waals surface area contributed by atoms with Crippen molar-refractivity contribution in [2.45, 2.75) is 12.1 Å². The molecule has 34 heavy (non-hydrogen) atoms. The van der Waals surface area contributed by atoms with E-state index in [0.717, 1.165) is 0 Å². The lowest BCUT2D eigenvalue weighted by molar-refractivity contribution is -0.113. The summed E-state index contributed by atoms with van der Waals surface area (Å²) in [5.41, 5.74) is 2.13. The van der Waals surface area contributed by atoms with Gasteiger partial charge < -0.3 is 15.4 Å². The molecule has 0 aliphatic carbocycles. The number of nitrogens with one attached hydrogen (secondary N) is 2. The van der Waals surface area contributed by atoms with Gasteiger partial charge in [0.1, 0.15) is 11.4 Å². The molecule has 4 rings (SSSR count). The average Bonchev–Trinajstić information content (AvgIpc) is 3.33. The Labute approximate surface area is 200 Å². The molecule has 1 aromatic heterocycles. The zero-order valence-electron chi connectivity index (χ0n) is 18.3. The Hall–Kier alpha value is -4.18. The van der Waals surface area contributed by atoms with E-state index in [2.05, 4.69) is 26.2 Å². The van der Waals surface area contributed by atoms with E-state index in [4.69, 9.17) is 4.74 Å². The van der Waals surface area contributed by atoms with Crippen LogP contribution in [0.2, 0.25) is 0 Å². The highest BCUT2D eigenvalue weighted by Crippen LogP contribution is 2.26. The maximum absolute atomic E-state index is 12.7. The van der Waals surface area contributed by atoms with Gasteiger partial charge in [-0.25, -0.2) is 0 Å². The number of rotatable bonds is 9. The number of tetrazole rings is 1. The quantitative estimate of drug-likeness (QED) is 0.352. The highest BCUT2D eigenvalue weighted by atomic mass is 32.2. The molecular formula is C24H22N6O3S. The van der Waals surface area contributed by atoms with Crippen LogP contribution in [-0.2, 0) is 4.79 Å². The third-order valence-electron chi connectivity index (χ3n) is 4.64. The van der Waals surface area contributed by atoms with Gasteiger partial charge in [0.05, 0.1) is 23.6 Å². The molecule has 0 atom stereocenters. The molecule has 0 saturated heterocycles. The molecule has 0 spiro atoms. The topological polar surface area (TPSA) is 111 Å². The number of ether oxygens (including phenoxy) is 1. The Morgan fingerprint density at radius 3 is 2.50 bits per heavy atom. The summed E-state index contributed by atoms with van der Waals surface area (Å²) in [6, 6.07) is 23.4. The largest absolute Gasteiger partial charge is 0.492 e. The van der Waals surface area contributed by atoms with Crippen molar-refractivity contribution in [1.82, 2.24) is 20.2 Å². The maximum Gasteiger partial charge on any atom is 0.257 e. The second-order valence-corrected chi connectivity index (χ2v) is 7.92. The molecule has 0 fully saturated rings. The first-order chi connectivity index (χ1) is 16.7. The van der Waals surface area contributed by atoms with Gasteiger partial charge in [0, 0.05) is 5.69 Å². The number of hydrogen-bond donors (Lipinski definition) is 2. The molecule has 0 aliphatic heterocycles. The van der Waals surface area contributed by atoms with Crippen LogP contribution in [0, 0.1) is 0 Å². The van der Waals surface area contributed by atoms with Gasteiger partial charge in [0.2, 0.25) is 11.1 Å². The number of benzene rings is 3. The molecule has 10 heteroatoms. The van der Waals surface area contributed by atoms with E-state index >= 15 is 0 Å². The molecule has 2 amide bonds. The molecule has 0 saturated carbocycles. The monoisotopic (exact) mass is 474 g/mol. The second-order valence-electron chi connectivity index (χ2n) is 6.98. The van der Waals surface area contributed by atoms with Crippen molar-refractivity contribution in [1.29, 1.82) is 0 Å². The van der Waals surface area contributed by atoms with Crippen molar-refractivity contribution in [3.05, 3.63) is 84.4 Å². The molecule has 0 radical (unpaired) electrons. The van der Waals surface area contributed by atoms with Gasteiger partial charge in [0.25, 0.3) is 5.91 Å². The minimum atomic E-state index is -0.314. The predicted octanol–water partition coefficient (Wildman–Crippen LogP) is 4.04. The van der Waals surface area contributed by atoms with Gasteiger partial charge in [-0.05, 0) is 53.7 Å². The summed E-state index contributed by atoms with van der Waals surface area (Å²) in [6.07, 6.45) is 0. The van der Waals surface area contributed by atoms with E-state index in [-0.39, 0.29) is 17.6 Å². The lowest BCUT2D eigenvalue weighted by atomic mass is 10.1. The highest BCUT2D eigenvalue weighted by molar-refractivity contribution is 7.99. The second kappa shape index (κ2) is 11.1. The fraction of sp³-hybridized carbons (Fsp3) is 0.125. The van der Waals surface area contributed by atoms with Crippen molar-refractivity contribution < 1.29 is 14.3 Å². The minimum Gasteiger partial charge on any atom is -0.492 e. The Bertz CT molecular complexity index is 1280. The van der Waals surface area contributed by atoms with Crippen LogP contribution in [0.25, 0.3) is 5.69 Å². The summed E-state index contributed by atoms with van der Waals surface area (Å²) < 4.78 is 7.19. The van der Waals surface area contributed by atoms with Crippen molar-refractivity contribution in [2.24, 2.45) is 0 Å². The summed E-state index contributed by atoms with van der Waals surface area (Å²) in [6.45, 7) is 2.40. The maximum atomic E-state index is 12.7. The van der Waals surface area contributed by atoms with Crippen LogP contribution in [0.15, 0.2) is 84.0 Å². The number of amides is 2. The van der Waals surface area contributed by atoms with Gasteiger partial charge in [-0.2, -0.15) is 4.68 Å². The van der Waals surface area contributed by atoms with Crippen LogP contribution in [0.4, 0.5) is 11.4 Å². The number of anilines is 2. The molecular weight excluding hydrogens is 452 g/mol. The minimum absolute atomic E-state index is 0.0474. The fourth-order valence-corrected chi connectivity index (χ4v) is 3.84. The van der Waals surface area contributed by atoms with Crippen LogP contribution in [-0.4, -0.2) is 44.4 Å². The van der Waals surface area contributed by atoms with Crippen LogP contribution in [0.3, 0.4) is 0 Å². The third-order valence-corrected chi connectivity index (χ3v) is 5.56. The number of para-hydroxylation sites is 4. The molecule has 0 aliphatic rings. The summed E-state index contributed by atoms with van der Waals surface area (Å²) in [5, 5.41) is 17.9. The summed E-state index contributed by atoms with van der Waals surface area (Å²) in [5.74, 6) is 0.0806. The highest BCUT2D eigenvalue weighted by Gasteiger charge is 2.17. The van der Waals surface area contributed by atoms with E-state index < -0.39 is 0 Å². The molecule has 4 aromatic rings. The van der Waals surface area contributed by atoms with Crippen molar-refractivity contribution in [2.75, 3.05) is 23.0 Å². The number of thioether (sulfide) groups is 1. The van der Waals surface area contributed by atoms with Gasteiger partial charge in [-0.1, -0.05) is 54.2 Å².